The first-order chi connectivity index (χ1) is 11.3. The Kier molecular flexibility index (Phi) is 11.1. The van der Waals surface area contributed by atoms with E-state index in [-0.39, 0.29) is 24.0 Å². The van der Waals surface area contributed by atoms with E-state index >= 15 is 0 Å². The van der Waals surface area contributed by atoms with E-state index in [1.54, 1.807) is 6.26 Å². The first-order valence-corrected chi connectivity index (χ1v) is 8.66. The van der Waals surface area contributed by atoms with E-state index < -0.39 is 0 Å². The van der Waals surface area contributed by atoms with E-state index in [0.717, 1.165) is 31.2 Å². The molecule has 6 nitrogen and oxygen atoms in total. The molecule has 0 spiro atoms. The van der Waals surface area contributed by atoms with Crippen LogP contribution in [0.2, 0.25) is 0 Å². The van der Waals surface area contributed by atoms with Gasteiger partial charge >= 0.3 is 0 Å². The number of likely N-dealkylation sites (N-methyl/N-ethyl adjacent to an activating group) is 1. The number of furan rings is 1. The van der Waals surface area contributed by atoms with Crippen LogP contribution in [-0.4, -0.2) is 75.7 Å². The first kappa shape index (κ1) is 21.2. The zero-order valence-corrected chi connectivity index (χ0v) is 17.3. The molecule has 1 aliphatic heterocycles. The number of halogens is 1. The van der Waals surface area contributed by atoms with Gasteiger partial charge in [0.2, 0.25) is 0 Å². The third kappa shape index (κ3) is 8.34. The maximum Gasteiger partial charge on any atom is 0.190 e. The number of guanidine groups is 1. The van der Waals surface area contributed by atoms with Crippen molar-refractivity contribution in [3.8, 4) is 0 Å². The van der Waals surface area contributed by atoms with Gasteiger partial charge in [-0.3, -0.25) is 4.99 Å². The van der Waals surface area contributed by atoms with Crippen molar-refractivity contribution in [2.75, 3.05) is 59.9 Å². The topological polar surface area (TPSA) is 56.0 Å². The van der Waals surface area contributed by atoms with E-state index in [4.69, 9.17) is 4.42 Å². The van der Waals surface area contributed by atoms with Crippen LogP contribution < -0.4 is 10.6 Å². The van der Waals surface area contributed by atoms with Gasteiger partial charge in [0.1, 0.15) is 5.76 Å². The Morgan fingerprint density at radius 1 is 1.17 bits per heavy atom. The Morgan fingerprint density at radius 2 is 1.92 bits per heavy atom. The molecule has 2 rings (SSSR count). The highest BCUT2D eigenvalue weighted by Gasteiger charge is 2.12. The second-order valence-electron chi connectivity index (χ2n) is 6.11. The van der Waals surface area contributed by atoms with E-state index in [1.807, 2.05) is 19.2 Å². The van der Waals surface area contributed by atoms with Gasteiger partial charge in [-0.15, -0.1) is 24.0 Å². The van der Waals surface area contributed by atoms with Crippen LogP contribution >= 0.6 is 24.0 Å². The average molecular weight is 449 g/mol. The van der Waals surface area contributed by atoms with Gasteiger partial charge < -0.3 is 24.9 Å². The molecule has 2 heterocycles. The fourth-order valence-electron chi connectivity index (χ4n) is 2.72. The van der Waals surface area contributed by atoms with Crippen LogP contribution in [0.3, 0.4) is 0 Å². The molecule has 1 saturated heterocycles. The van der Waals surface area contributed by atoms with Crippen molar-refractivity contribution in [1.82, 2.24) is 20.4 Å². The molecule has 0 aromatic carbocycles. The molecule has 2 N–H and O–H groups in total. The lowest BCUT2D eigenvalue weighted by Crippen LogP contribution is -2.44. The molecule has 7 heteroatoms. The zero-order chi connectivity index (χ0) is 16.3. The Morgan fingerprint density at radius 3 is 2.58 bits per heavy atom. The molecule has 1 fully saturated rings. The maximum atomic E-state index is 5.32. The van der Waals surface area contributed by atoms with Crippen molar-refractivity contribution in [3.05, 3.63) is 24.2 Å². The number of hydrogen-bond acceptors (Lipinski definition) is 4. The number of rotatable bonds is 8. The molecule has 24 heavy (non-hydrogen) atoms. The molecule has 1 aromatic rings. The van der Waals surface area contributed by atoms with Gasteiger partial charge in [-0.2, -0.15) is 0 Å². The molecular formula is C17H32IN5O. The van der Waals surface area contributed by atoms with Crippen LogP contribution in [0.25, 0.3) is 0 Å². The normalized spacial score (nSPS) is 16.7. The molecule has 0 aliphatic carbocycles. The number of nitrogens with zero attached hydrogens (tertiary/aromatic N) is 3. The van der Waals surface area contributed by atoms with Gasteiger partial charge in [0.05, 0.1) is 6.26 Å². The van der Waals surface area contributed by atoms with Crippen LogP contribution in [0.5, 0.6) is 0 Å². The van der Waals surface area contributed by atoms with Crippen LogP contribution in [0, 0.1) is 0 Å². The minimum Gasteiger partial charge on any atom is -0.469 e. The monoisotopic (exact) mass is 449 g/mol. The lowest BCUT2D eigenvalue weighted by atomic mass is 10.2. The average Bonchev–Trinajstić information content (AvgIpc) is 3.08. The van der Waals surface area contributed by atoms with Crippen LogP contribution in [-0.2, 0) is 6.42 Å². The third-order valence-electron chi connectivity index (χ3n) is 4.26. The van der Waals surface area contributed by atoms with Crippen molar-refractivity contribution in [2.45, 2.75) is 19.3 Å². The lowest BCUT2D eigenvalue weighted by molar-refractivity contribution is 0.152. The SMILES string of the molecule is CN=C(NCCCCN1CCN(C)CC1)NCCc1ccco1.I. The highest BCUT2D eigenvalue weighted by Crippen LogP contribution is 2.01. The highest BCUT2D eigenvalue weighted by molar-refractivity contribution is 14.0. The van der Waals surface area contributed by atoms with Gasteiger partial charge in [0.15, 0.2) is 5.96 Å². The number of hydrogen-bond donors (Lipinski definition) is 2. The van der Waals surface area contributed by atoms with Gasteiger partial charge in [-0.25, -0.2) is 0 Å². The Balaban J connectivity index is 0.00000288. The first-order valence-electron chi connectivity index (χ1n) is 8.66. The number of nitrogens with one attached hydrogen (secondary N) is 2. The standard InChI is InChI=1S/C17H31N5O.HI/c1-18-17(20-9-7-16-6-5-15-23-16)19-8-3-4-10-22-13-11-21(2)12-14-22;/h5-6,15H,3-4,7-14H2,1-2H3,(H2,18,19,20);1H. The quantitative estimate of drug-likeness (QED) is 0.274. The number of aliphatic imine (C=N–C) groups is 1. The summed E-state index contributed by atoms with van der Waals surface area (Å²) in [6.07, 6.45) is 4.99. The largest absolute Gasteiger partial charge is 0.469 e. The molecule has 0 amide bonds. The summed E-state index contributed by atoms with van der Waals surface area (Å²) < 4.78 is 5.32. The fraction of sp³-hybridized carbons (Fsp3) is 0.706. The van der Waals surface area contributed by atoms with E-state index in [1.165, 1.54) is 45.6 Å². The summed E-state index contributed by atoms with van der Waals surface area (Å²) in [4.78, 5) is 9.22. The van der Waals surface area contributed by atoms with E-state index in [0.29, 0.717) is 0 Å². The minimum absolute atomic E-state index is 0. The smallest absolute Gasteiger partial charge is 0.190 e. The van der Waals surface area contributed by atoms with Crippen LogP contribution in [0.1, 0.15) is 18.6 Å². The van der Waals surface area contributed by atoms with Gasteiger partial charge in [0, 0.05) is 52.7 Å². The summed E-state index contributed by atoms with van der Waals surface area (Å²) in [5.41, 5.74) is 0. The van der Waals surface area contributed by atoms with Crippen LogP contribution in [0.15, 0.2) is 27.8 Å². The molecule has 0 saturated carbocycles. The molecule has 0 radical (unpaired) electrons. The Bertz CT molecular complexity index is 444. The Hall–Kier alpha value is -0.800. The fourth-order valence-corrected chi connectivity index (χ4v) is 2.72. The second kappa shape index (κ2) is 12.5. The predicted octanol–water partition coefficient (Wildman–Crippen LogP) is 1.63. The highest BCUT2D eigenvalue weighted by atomic mass is 127. The molecule has 138 valence electrons. The molecule has 0 bridgehead atoms. The van der Waals surface area contributed by atoms with Crippen molar-refractivity contribution in [2.24, 2.45) is 4.99 Å². The van der Waals surface area contributed by atoms with Crippen molar-refractivity contribution < 1.29 is 4.42 Å². The Labute approximate surface area is 163 Å². The van der Waals surface area contributed by atoms with Gasteiger partial charge in [-0.1, -0.05) is 0 Å². The molecule has 1 aliphatic rings. The predicted molar refractivity (Wildman–Crippen MR) is 110 cm³/mol. The minimum atomic E-state index is 0. The van der Waals surface area contributed by atoms with E-state index in [2.05, 4.69) is 32.5 Å². The third-order valence-corrected chi connectivity index (χ3v) is 4.26. The molecule has 0 unspecified atom stereocenters. The number of piperazine rings is 1. The summed E-state index contributed by atoms with van der Waals surface area (Å²) in [7, 11) is 4.01. The van der Waals surface area contributed by atoms with Gasteiger partial charge in [-0.05, 0) is 38.6 Å². The lowest BCUT2D eigenvalue weighted by Gasteiger charge is -2.32. The molecule has 1 aromatic heterocycles. The van der Waals surface area contributed by atoms with Crippen molar-refractivity contribution in [3.63, 3.8) is 0 Å². The second-order valence-corrected chi connectivity index (χ2v) is 6.11. The number of unbranched alkanes of at least 4 members (excludes halogenated alkanes) is 1. The van der Waals surface area contributed by atoms with Crippen molar-refractivity contribution >= 4 is 29.9 Å². The molecular weight excluding hydrogens is 417 g/mol. The summed E-state index contributed by atoms with van der Waals surface area (Å²) >= 11 is 0. The van der Waals surface area contributed by atoms with Gasteiger partial charge in [0.25, 0.3) is 0 Å². The van der Waals surface area contributed by atoms with E-state index in [9.17, 15) is 0 Å². The summed E-state index contributed by atoms with van der Waals surface area (Å²) in [6, 6.07) is 3.92. The summed E-state index contributed by atoms with van der Waals surface area (Å²) in [6.45, 7) is 7.82. The summed E-state index contributed by atoms with van der Waals surface area (Å²) in [5.74, 6) is 1.87. The maximum absolute atomic E-state index is 5.32. The van der Waals surface area contributed by atoms with Crippen molar-refractivity contribution in [1.29, 1.82) is 0 Å². The summed E-state index contributed by atoms with van der Waals surface area (Å²) in [5, 5.41) is 6.69. The van der Waals surface area contributed by atoms with Crippen LogP contribution in [0.4, 0.5) is 0 Å². The zero-order valence-electron chi connectivity index (χ0n) is 15.0. The molecule has 0 atom stereocenters.